The number of thiocarbonyl (C=S) groups is 1. The Balaban J connectivity index is 1.84. The molecule has 0 fully saturated rings. The van der Waals surface area contributed by atoms with Crippen LogP contribution >= 0.6 is 24.0 Å². The van der Waals surface area contributed by atoms with E-state index in [0.717, 1.165) is 10.6 Å². The molecule has 0 heterocycles. The number of anilines is 1. The Labute approximate surface area is 152 Å². The highest BCUT2D eigenvalue weighted by Gasteiger charge is 2.06. The van der Waals surface area contributed by atoms with E-state index in [4.69, 9.17) is 12.2 Å². The number of thioether (sulfide) groups is 1. The number of rotatable bonds is 4. The zero-order valence-electron chi connectivity index (χ0n) is 13.9. The maximum atomic E-state index is 12.1. The third-order valence-corrected chi connectivity index (χ3v) is 4.42. The lowest BCUT2D eigenvalue weighted by Crippen LogP contribution is -2.43. The smallest absolute Gasteiger partial charge is 0.269 e. The van der Waals surface area contributed by atoms with E-state index in [-0.39, 0.29) is 5.91 Å². The summed E-state index contributed by atoms with van der Waals surface area (Å²) in [6.07, 6.45) is 1.99. The molecule has 0 aliphatic rings. The molecule has 2 aromatic rings. The predicted octanol–water partition coefficient (Wildman–Crippen LogP) is 4.16. The molecule has 24 heavy (non-hydrogen) atoms. The first-order valence-electron chi connectivity index (χ1n) is 7.61. The summed E-state index contributed by atoms with van der Waals surface area (Å²) in [5, 5.41) is 3.37. The molecule has 126 valence electrons. The molecule has 1 amide bonds. The molecule has 0 radical (unpaired) electrons. The van der Waals surface area contributed by atoms with Crippen LogP contribution in [0.15, 0.2) is 53.4 Å². The van der Waals surface area contributed by atoms with Crippen LogP contribution in [-0.2, 0) is 0 Å². The average molecular weight is 360 g/mol. The van der Waals surface area contributed by atoms with Crippen LogP contribution in [0, 0.1) is 0 Å². The number of hydrogen-bond acceptors (Lipinski definition) is 3. The molecule has 3 N–H and O–H groups in total. The van der Waals surface area contributed by atoms with E-state index in [2.05, 4.69) is 42.1 Å². The van der Waals surface area contributed by atoms with Gasteiger partial charge < -0.3 is 5.32 Å². The fraction of sp³-hybridized carbons (Fsp3) is 0.222. The SMILES string of the molecule is CSc1ccc(C(=O)NNC(=S)Nc2ccc(C(C)C)cc2)cc1. The van der Waals surface area contributed by atoms with Gasteiger partial charge in [0.05, 0.1) is 0 Å². The lowest BCUT2D eigenvalue weighted by molar-refractivity contribution is 0.0944. The predicted molar refractivity (Wildman–Crippen MR) is 106 cm³/mol. The number of carbonyl (C=O) groups is 1. The fourth-order valence-corrected chi connectivity index (χ4v) is 2.62. The topological polar surface area (TPSA) is 53.2 Å². The number of hydrazine groups is 1. The lowest BCUT2D eigenvalue weighted by Gasteiger charge is -2.12. The average Bonchev–Trinajstić information content (AvgIpc) is 2.60. The fourth-order valence-electron chi connectivity index (χ4n) is 2.04. The summed E-state index contributed by atoms with van der Waals surface area (Å²) >= 11 is 6.82. The highest BCUT2D eigenvalue weighted by Crippen LogP contribution is 2.17. The Kier molecular flexibility index (Phi) is 6.63. The second kappa shape index (κ2) is 8.70. The summed E-state index contributed by atoms with van der Waals surface area (Å²) in [6.45, 7) is 4.30. The lowest BCUT2D eigenvalue weighted by atomic mass is 10.0. The van der Waals surface area contributed by atoms with Crippen molar-refractivity contribution in [1.82, 2.24) is 10.9 Å². The van der Waals surface area contributed by atoms with Crippen molar-refractivity contribution >= 4 is 40.7 Å². The van der Waals surface area contributed by atoms with Crippen molar-refractivity contribution in [1.29, 1.82) is 0 Å². The van der Waals surface area contributed by atoms with Gasteiger partial charge >= 0.3 is 0 Å². The van der Waals surface area contributed by atoms with E-state index in [0.29, 0.717) is 16.6 Å². The van der Waals surface area contributed by atoms with Gasteiger partial charge in [-0.25, -0.2) is 0 Å². The van der Waals surface area contributed by atoms with Gasteiger partial charge in [0.25, 0.3) is 5.91 Å². The highest BCUT2D eigenvalue weighted by atomic mass is 32.2. The third kappa shape index (κ3) is 5.25. The Bertz CT molecular complexity index is 697. The van der Waals surface area contributed by atoms with Gasteiger partial charge in [0.2, 0.25) is 0 Å². The van der Waals surface area contributed by atoms with E-state index in [1.54, 1.807) is 23.9 Å². The highest BCUT2D eigenvalue weighted by molar-refractivity contribution is 7.98. The normalized spacial score (nSPS) is 10.3. The second-order valence-electron chi connectivity index (χ2n) is 5.54. The van der Waals surface area contributed by atoms with Crippen molar-refractivity contribution in [3.05, 3.63) is 59.7 Å². The van der Waals surface area contributed by atoms with Crippen LogP contribution in [0.2, 0.25) is 0 Å². The first kappa shape index (κ1) is 18.3. The Hall–Kier alpha value is -2.05. The van der Waals surface area contributed by atoms with Crippen molar-refractivity contribution in [2.75, 3.05) is 11.6 Å². The molecule has 0 aliphatic carbocycles. The molecule has 6 heteroatoms. The molecule has 0 saturated heterocycles. The van der Waals surface area contributed by atoms with Gasteiger partial charge in [-0.05, 0) is 66.4 Å². The number of carbonyl (C=O) groups excluding carboxylic acids is 1. The molecule has 4 nitrogen and oxygen atoms in total. The third-order valence-electron chi connectivity index (χ3n) is 3.48. The van der Waals surface area contributed by atoms with Gasteiger partial charge in [0.15, 0.2) is 5.11 Å². The van der Waals surface area contributed by atoms with E-state index in [1.165, 1.54) is 5.56 Å². The van der Waals surface area contributed by atoms with Crippen LogP contribution in [0.25, 0.3) is 0 Å². The quantitative estimate of drug-likeness (QED) is 0.435. The maximum Gasteiger partial charge on any atom is 0.269 e. The molecular formula is C18H21N3OS2. The van der Waals surface area contributed by atoms with Crippen molar-refractivity contribution in [2.45, 2.75) is 24.7 Å². The van der Waals surface area contributed by atoms with Gasteiger partial charge in [-0.1, -0.05) is 26.0 Å². The molecule has 2 aromatic carbocycles. The molecule has 0 saturated carbocycles. The van der Waals surface area contributed by atoms with Crippen molar-refractivity contribution in [3.8, 4) is 0 Å². The molecule has 2 rings (SSSR count). The van der Waals surface area contributed by atoms with E-state index < -0.39 is 0 Å². The standard InChI is InChI=1S/C18H21N3OS2/c1-12(2)13-4-8-15(9-5-13)19-18(23)21-20-17(22)14-6-10-16(24-3)11-7-14/h4-12H,1-3H3,(H,20,22)(H2,19,21,23). The zero-order valence-corrected chi connectivity index (χ0v) is 15.6. The Morgan fingerprint density at radius 3 is 2.17 bits per heavy atom. The number of benzene rings is 2. The summed E-state index contributed by atoms with van der Waals surface area (Å²) in [4.78, 5) is 13.2. The summed E-state index contributed by atoms with van der Waals surface area (Å²) in [5.41, 5.74) is 8.01. The van der Waals surface area contributed by atoms with Crippen LogP contribution in [0.4, 0.5) is 5.69 Å². The van der Waals surface area contributed by atoms with Crippen LogP contribution in [-0.4, -0.2) is 17.3 Å². The van der Waals surface area contributed by atoms with E-state index >= 15 is 0 Å². The minimum absolute atomic E-state index is 0.234. The number of amides is 1. The Morgan fingerprint density at radius 2 is 1.62 bits per heavy atom. The number of hydrogen-bond donors (Lipinski definition) is 3. The molecule has 0 aromatic heterocycles. The first-order chi connectivity index (χ1) is 11.5. The van der Waals surface area contributed by atoms with Gasteiger partial charge in [-0.3, -0.25) is 15.6 Å². The monoisotopic (exact) mass is 359 g/mol. The molecule has 0 atom stereocenters. The van der Waals surface area contributed by atoms with E-state index in [9.17, 15) is 4.79 Å². The number of nitrogens with one attached hydrogen (secondary N) is 3. The van der Waals surface area contributed by atoms with Crippen LogP contribution < -0.4 is 16.2 Å². The van der Waals surface area contributed by atoms with Crippen molar-refractivity contribution in [3.63, 3.8) is 0 Å². The van der Waals surface area contributed by atoms with Gasteiger partial charge in [0, 0.05) is 16.1 Å². The molecule has 0 unspecified atom stereocenters. The molecule has 0 bridgehead atoms. The van der Waals surface area contributed by atoms with Gasteiger partial charge in [-0.15, -0.1) is 11.8 Å². The molecular weight excluding hydrogens is 338 g/mol. The van der Waals surface area contributed by atoms with E-state index in [1.807, 2.05) is 30.5 Å². The summed E-state index contributed by atoms with van der Waals surface area (Å²) < 4.78 is 0. The van der Waals surface area contributed by atoms with Crippen LogP contribution in [0.3, 0.4) is 0 Å². The van der Waals surface area contributed by atoms with Gasteiger partial charge in [0.1, 0.15) is 0 Å². The van der Waals surface area contributed by atoms with Crippen molar-refractivity contribution in [2.24, 2.45) is 0 Å². The van der Waals surface area contributed by atoms with Crippen LogP contribution in [0.1, 0.15) is 35.7 Å². The largest absolute Gasteiger partial charge is 0.331 e. The van der Waals surface area contributed by atoms with Gasteiger partial charge in [-0.2, -0.15) is 0 Å². The first-order valence-corrected chi connectivity index (χ1v) is 9.24. The second-order valence-corrected chi connectivity index (χ2v) is 6.83. The summed E-state index contributed by atoms with van der Waals surface area (Å²) in [5.74, 6) is 0.253. The minimum atomic E-state index is -0.234. The Morgan fingerprint density at radius 1 is 1.00 bits per heavy atom. The van der Waals surface area contributed by atoms with Crippen LogP contribution in [0.5, 0.6) is 0 Å². The molecule has 0 spiro atoms. The summed E-state index contributed by atoms with van der Waals surface area (Å²) in [7, 11) is 0. The minimum Gasteiger partial charge on any atom is -0.331 e. The zero-order chi connectivity index (χ0) is 17.5. The maximum absolute atomic E-state index is 12.1. The molecule has 0 aliphatic heterocycles. The van der Waals surface area contributed by atoms with Crippen molar-refractivity contribution < 1.29 is 4.79 Å². The summed E-state index contributed by atoms with van der Waals surface area (Å²) in [6, 6.07) is 15.4.